The molecule has 0 aliphatic carbocycles. The summed E-state index contributed by atoms with van der Waals surface area (Å²) in [5.74, 6) is -0.595. The molecule has 0 spiro atoms. The molecule has 0 fully saturated rings. The summed E-state index contributed by atoms with van der Waals surface area (Å²) in [6, 6.07) is 37.7. The van der Waals surface area contributed by atoms with Gasteiger partial charge in [0.2, 0.25) is 0 Å². The molecule has 63 heavy (non-hydrogen) atoms. The molecule has 2 aromatic heterocycles. The van der Waals surface area contributed by atoms with Crippen molar-refractivity contribution in [3.8, 4) is 22.5 Å². The predicted molar refractivity (Wildman–Crippen MR) is 279 cm³/mol. The summed E-state index contributed by atoms with van der Waals surface area (Å²) in [5.41, 5.74) is 11.7. The van der Waals surface area contributed by atoms with E-state index in [1.54, 1.807) is 42.5 Å². The minimum atomic E-state index is -0.319. The molecule has 0 radical (unpaired) electrons. The highest BCUT2D eigenvalue weighted by atomic mass is 127. The molecule has 10 rings (SSSR count). The molecule has 320 valence electrons. The zero-order chi connectivity index (χ0) is 45.0. The van der Waals surface area contributed by atoms with E-state index < -0.39 is 0 Å². The van der Waals surface area contributed by atoms with Crippen molar-refractivity contribution in [1.82, 2.24) is 9.97 Å². The van der Waals surface area contributed by atoms with Crippen LogP contribution in [0, 0.1) is 32.6 Å². The van der Waals surface area contributed by atoms with Crippen LogP contribution in [0.3, 0.4) is 0 Å². The number of aromatic nitrogens is 2. The molecule has 0 saturated carbocycles. The maximum absolute atomic E-state index is 14.8. The van der Waals surface area contributed by atoms with Crippen LogP contribution >= 0.6 is 80.0 Å². The molecule has 4 heterocycles. The van der Waals surface area contributed by atoms with E-state index in [0.29, 0.717) is 53.9 Å². The smallest absolute Gasteiger partial charge is 0.132 e. The van der Waals surface area contributed by atoms with Crippen LogP contribution in [0.2, 0.25) is 15.1 Å². The monoisotopic (exact) mass is 1120 g/mol. The third-order valence-corrected chi connectivity index (χ3v) is 14.2. The van der Waals surface area contributed by atoms with Gasteiger partial charge in [-0.3, -0.25) is 0 Å². The second-order valence-corrected chi connectivity index (χ2v) is 20.8. The predicted octanol–water partition coefficient (Wildman–Crippen LogP) is 16.7. The van der Waals surface area contributed by atoms with E-state index >= 15 is 0 Å². The van der Waals surface area contributed by atoms with Gasteiger partial charge in [-0.2, -0.15) is 0 Å². The first-order valence-corrected chi connectivity index (χ1v) is 23.7. The van der Waals surface area contributed by atoms with E-state index in [4.69, 9.17) is 39.8 Å². The molecule has 0 bridgehead atoms. The zero-order valence-electron chi connectivity index (χ0n) is 35.4. The molecular formula is C52H43Cl3F2I2N4. The highest BCUT2D eigenvalue weighted by Gasteiger charge is 2.38. The first-order chi connectivity index (χ1) is 30.0. The molecule has 0 amide bonds. The van der Waals surface area contributed by atoms with E-state index in [2.05, 4.69) is 124 Å². The largest absolute Gasteiger partial charge is 0.384 e. The Bertz CT molecular complexity index is 3080. The topological polar surface area (TPSA) is 41.1 Å². The average Bonchev–Trinajstić information content (AvgIpc) is 3.69. The van der Waals surface area contributed by atoms with Gasteiger partial charge in [0.05, 0.1) is 43.2 Å². The van der Waals surface area contributed by atoms with E-state index in [-0.39, 0.29) is 17.0 Å². The van der Waals surface area contributed by atoms with Crippen LogP contribution < -0.4 is 10.2 Å². The van der Waals surface area contributed by atoms with Crippen LogP contribution in [0.4, 0.5) is 25.8 Å². The SMILES string of the molecule is CC1(C)CNc2cc(I)ccc21.Cc1c(-c2ccccc2F)nc2cccc(Cl)c2c1Cl.Cc1c(-c2ccccc2F)nc2cccc(Cl)c2c1N1CC(C)(C)c2ccc(I)cc21. The quantitative estimate of drug-likeness (QED) is 0.179. The second kappa shape index (κ2) is 18.1. The molecule has 0 saturated heterocycles. The number of fused-ring (bicyclic) bond motifs is 4. The van der Waals surface area contributed by atoms with Gasteiger partial charge in [-0.25, -0.2) is 18.7 Å². The number of benzene rings is 6. The lowest BCUT2D eigenvalue weighted by molar-refractivity contribution is 0.569. The highest BCUT2D eigenvalue weighted by molar-refractivity contribution is 14.1. The van der Waals surface area contributed by atoms with Crippen molar-refractivity contribution in [2.75, 3.05) is 23.3 Å². The van der Waals surface area contributed by atoms with Crippen molar-refractivity contribution < 1.29 is 8.78 Å². The second-order valence-electron chi connectivity index (χ2n) is 17.1. The normalized spacial score (nSPS) is 14.3. The summed E-state index contributed by atoms with van der Waals surface area (Å²) in [6.07, 6.45) is 0. The van der Waals surface area contributed by atoms with Crippen LogP contribution in [0.25, 0.3) is 44.3 Å². The summed E-state index contributed by atoms with van der Waals surface area (Å²) in [4.78, 5) is 11.7. The fraction of sp³-hybridized carbons (Fsp3) is 0.192. The highest BCUT2D eigenvalue weighted by Crippen LogP contribution is 2.50. The van der Waals surface area contributed by atoms with Crippen molar-refractivity contribution in [3.63, 3.8) is 0 Å². The Morgan fingerprint density at radius 2 is 1.13 bits per heavy atom. The van der Waals surface area contributed by atoms with Crippen LogP contribution in [0.15, 0.2) is 121 Å². The van der Waals surface area contributed by atoms with Crippen molar-refractivity contribution in [1.29, 1.82) is 0 Å². The lowest BCUT2D eigenvalue weighted by Gasteiger charge is -2.27. The number of rotatable bonds is 3. The molecular weight excluding hydrogens is 1080 g/mol. The maximum Gasteiger partial charge on any atom is 0.132 e. The molecule has 4 nitrogen and oxygen atoms in total. The zero-order valence-corrected chi connectivity index (χ0v) is 42.0. The molecule has 2 aliphatic heterocycles. The molecule has 0 atom stereocenters. The summed E-state index contributed by atoms with van der Waals surface area (Å²) >= 11 is 24.0. The van der Waals surface area contributed by atoms with Gasteiger partial charge in [-0.05, 0) is 154 Å². The Balaban J connectivity index is 0.000000145. The number of nitrogens with one attached hydrogen (secondary N) is 1. The lowest BCUT2D eigenvalue weighted by atomic mass is 9.87. The fourth-order valence-corrected chi connectivity index (χ4v) is 10.4. The number of pyridine rings is 2. The first-order valence-electron chi connectivity index (χ1n) is 20.4. The molecule has 2 aliphatic rings. The van der Waals surface area contributed by atoms with Gasteiger partial charge >= 0.3 is 0 Å². The molecule has 8 aromatic rings. The number of anilines is 3. The van der Waals surface area contributed by atoms with Gasteiger partial charge in [-0.1, -0.05) is 111 Å². The van der Waals surface area contributed by atoms with Gasteiger partial charge in [0.15, 0.2) is 0 Å². The van der Waals surface area contributed by atoms with Crippen LogP contribution in [0.5, 0.6) is 0 Å². The molecule has 0 unspecified atom stereocenters. The Morgan fingerprint density at radius 1 is 0.603 bits per heavy atom. The minimum absolute atomic E-state index is 0.0267. The number of hydrogen-bond donors (Lipinski definition) is 1. The summed E-state index contributed by atoms with van der Waals surface area (Å²) in [5, 5.41) is 6.75. The summed E-state index contributed by atoms with van der Waals surface area (Å²) in [6.45, 7) is 14.8. The van der Waals surface area contributed by atoms with Crippen LogP contribution in [0.1, 0.15) is 49.9 Å². The van der Waals surface area contributed by atoms with Gasteiger partial charge < -0.3 is 10.2 Å². The Hall–Kier alpha value is -4.07. The molecule has 1 N–H and O–H groups in total. The van der Waals surface area contributed by atoms with E-state index in [1.165, 1.54) is 41.8 Å². The van der Waals surface area contributed by atoms with Crippen molar-refractivity contribution in [3.05, 3.63) is 177 Å². The molecule has 6 aromatic carbocycles. The first kappa shape index (κ1) is 45.5. The van der Waals surface area contributed by atoms with E-state index in [0.717, 1.165) is 40.8 Å². The van der Waals surface area contributed by atoms with Crippen molar-refractivity contribution in [2.45, 2.75) is 52.4 Å². The Kier molecular flexibility index (Phi) is 13.1. The van der Waals surface area contributed by atoms with Gasteiger partial charge in [0.25, 0.3) is 0 Å². The summed E-state index contributed by atoms with van der Waals surface area (Å²) < 4.78 is 31.2. The third kappa shape index (κ3) is 8.87. The lowest BCUT2D eigenvalue weighted by Crippen LogP contribution is -2.26. The number of nitrogens with zero attached hydrogens (tertiary/aromatic N) is 3. The number of halogens is 7. The van der Waals surface area contributed by atoms with Gasteiger partial charge in [0, 0.05) is 64.3 Å². The fourth-order valence-electron chi connectivity index (χ4n) is 8.56. The average molecular weight is 1120 g/mol. The minimum Gasteiger partial charge on any atom is -0.384 e. The van der Waals surface area contributed by atoms with Crippen molar-refractivity contribution >= 4 is 119 Å². The number of hydrogen-bond acceptors (Lipinski definition) is 4. The molecule has 11 heteroatoms. The standard InChI is InChI=1S/C26H21ClFIN2.C16H10Cl2FN.C10H12IN/c1-15-24(17-7-4-5-9-20(17)28)30-21-10-6-8-19(27)23(21)25(15)31-14-26(2,3)18-12-11-16(29)13-22(18)31;1-9-15(18)14-11(17)6-4-8-13(14)20-16(9)10-5-2-3-7-12(10)19;1-10(2)6-12-9-5-7(11)3-4-8(9)10/h4-13H,14H2,1-3H3;2-8H,1H3;3-5,12H,6H2,1-2H3. The van der Waals surface area contributed by atoms with Crippen molar-refractivity contribution in [2.24, 2.45) is 0 Å². The van der Waals surface area contributed by atoms with E-state index in [9.17, 15) is 8.78 Å². The summed E-state index contributed by atoms with van der Waals surface area (Å²) in [7, 11) is 0. The van der Waals surface area contributed by atoms with E-state index in [1.807, 2.05) is 44.2 Å². The van der Waals surface area contributed by atoms with Crippen LogP contribution in [-0.4, -0.2) is 23.1 Å². The van der Waals surface area contributed by atoms with Crippen LogP contribution in [-0.2, 0) is 10.8 Å². The maximum atomic E-state index is 14.8. The van der Waals surface area contributed by atoms with Gasteiger partial charge in [0.1, 0.15) is 11.6 Å². The third-order valence-electron chi connectivity index (χ3n) is 11.8. The van der Waals surface area contributed by atoms with Gasteiger partial charge in [-0.15, -0.1) is 0 Å². The Labute approximate surface area is 409 Å². The Morgan fingerprint density at radius 3 is 1.73 bits per heavy atom.